The van der Waals surface area contributed by atoms with Crippen molar-refractivity contribution in [3.05, 3.63) is 11.8 Å². The molecule has 1 fully saturated rings. The topological polar surface area (TPSA) is 103 Å². The number of carbonyl (C=O) groups excluding carboxylic acids is 3. The zero-order chi connectivity index (χ0) is 21.3. The van der Waals surface area contributed by atoms with Gasteiger partial charge in [-0.1, -0.05) is 0 Å². The van der Waals surface area contributed by atoms with Gasteiger partial charge in [0.1, 0.15) is 28.5 Å². The summed E-state index contributed by atoms with van der Waals surface area (Å²) in [6, 6.07) is -0.909. The Kier molecular flexibility index (Phi) is 5.98. The molecule has 0 aliphatic carbocycles. The first-order valence-corrected chi connectivity index (χ1v) is 9.32. The van der Waals surface area contributed by atoms with Gasteiger partial charge in [0.15, 0.2) is 0 Å². The van der Waals surface area contributed by atoms with Gasteiger partial charge in [0, 0.05) is 6.42 Å². The smallest absolute Gasteiger partial charge is 0.411 e. The number of hydrogen-bond donors (Lipinski definition) is 1. The van der Waals surface area contributed by atoms with Gasteiger partial charge >= 0.3 is 18.0 Å². The highest BCUT2D eigenvalue weighted by Gasteiger charge is 2.54. The summed E-state index contributed by atoms with van der Waals surface area (Å²) in [4.78, 5) is 44.3. The van der Waals surface area contributed by atoms with Crippen LogP contribution in [0.5, 0.6) is 0 Å². The van der Waals surface area contributed by atoms with E-state index in [1.165, 1.54) is 4.90 Å². The molecule has 1 N–H and O–H groups in total. The fourth-order valence-corrected chi connectivity index (χ4v) is 2.96. The van der Waals surface area contributed by atoms with Crippen LogP contribution in [0.3, 0.4) is 0 Å². The van der Waals surface area contributed by atoms with Gasteiger partial charge in [-0.3, -0.25) is 15.2 Å². The lowest BCUT2D eigenvalue weighted by Crippen LogP contribution is -2.46. The van der Waals surface area contributed by atoms with Crippen LogP contribution in [0.15, 0.2) is 11.8 Å². The molecule has 0 aromatic rings. The second-order valence-corrected chi connectivity index (χ2v) is 8.91. The highest BCUT2D eigenvalue weighted by Crippen LogP contribution is 2.37. The van der Waals surface area contributed by atoms with E-state index in [1.807, 2.05) is 0 Å². The van der Waals surface area contributed by atoms with Crippen LogP contribution in [-0.4, -0.2) is 58.9 Å². The number of nitrogens with zero attached hydrogens (tertiary/aromatic N) is 1. The number of hydrogen-bond acceptors (Lipinski definition) is 8. The Morgan fingerprint density at radius 3 is 2.32 bits per heavy atom. The lowest BCUT2D eigenvalue weighted by Gasteiger charge is -2.29. The molecule has 9 nitrogen and oxygen atoms in total. The van der Waals surface area contributed by atoms with Crippen LogP contribution in [0, 0.1) is 0 Å². The minimum absolute atomic E-state index is 0.0295. The Morgan fingerprint density at radius 2 is 1.79 bits per heavy atom. The van der Waals surface area contributed by atoms with Crippen molar-refractivity contribution < 1.29 is 33.4 Å². The van der Waals surface area contributed by atoms with Crippen molar-refractivity contribution in [1.82, 2.24) is 10.4 Å². The quantitative estimate of drug-likeness (QED) is 0.569. The Bertz CT molecular complexity index is 637. The molecule has 2 unspecified atom stereocenters. The number of ether oxygens (including phenoxy) is 3. The maximum absolute atomic E-state index is 12.7. The molecule has 1 saturated heterocycles. The van der Waals surface area contributed by atoms with Crippen LogP contribution in [0.1, 0.15) is 54.9 Å². The number of esters is 2. The molecule has 0 bridgehead atoms. The van der Waals surface area contributed by atoms with Gasteiger partial charge < -0.3 is 14.2 Å². The summed E-state index contributed by atoms with van der Waals surface area (Å²) in [5.41, 5.74) is 0.180. The summed E-state index contributed by atoms with van der Waals surface area (Å²) in [5.74, 6) is -1.12. The summed E-state index contributed by atoms with van der Waals surface area (Å²) in [7, 11) is 0. The first kappa shape index (κ1) is 22.0. The Hall–Kier alpha value is -2.29. The average Bonchev–Trinajstić information content (AvgIpc) is 3.09. The van der Waals surface area contributed by atoms with E-state index in [0.717, 1.165) is 0 Å². The number of nitrogens with one attached hydrogen (secondary N) is 1. The van der Waals surface area contributed by atoms with Gasteiger partial charge in [0.2, 0.25) is 0 Å². The van der Waals surface area contributed by atoms with Crippen LogP contribution in [0.4, 0.5) is 4.79 Å². The number of amides is 1. The zero-order valence-corrected chi connectivity index (χ0v) is 17.6. The summed E-state index contributed by atoms with van der Waals surface area (Å²) < 4.78 is 15.9. The van der Waals surface area contributed by atoms with Crippen molar-refractivity contribution in [2.45, 2.75) is 77.7 Å². The maximum atomic E-state index is 12.7. The Labute approximate surface area is 165 Å². The molecule has 2 aliphatic heterocycles. The van der Waals surface area contributed by atoms with E-state index in [1.54, 1.807) is 54.5 Å². The van der Waals surface area contributed by atoms with Gasteiger partial charge in [-0.05, 0) is 54.5 Å². The molecular formula is C19H30N2O7. The molecule has 0 aromatic heterocycles. The predicted octanol–water partition coefficient (Wildman–Crippen LogP) is 2.06. The van der Waals surface area contributed by atoms with Crippen molar-refractivity contribution in [1.29, 1.82) is 0 Å². The van der Waals surface area contributed by atoms with Crippen LogP contribution in [0.2, 0.25) is 0 Å². The number of hydroxylamine groups is 1. The Morgan fingerprint density at radius 1 is 1.18 bits per heavy atom. The molecule has 0 saturated carbocycles. The summed E-state index contributed by atoms with van der Waals surface area (Å²) >= 11 is 0. The van der Waals surface area contributed by atoms with Crippen LogP contribution in [-0.2, 0) is 28.6 Å². The van der Waals surface area contributed by atoms with Gasteiger partial charge in [0.05, 0.1) is 13.2 Å². The number of carbonyl (C=O) groups is 3. The third kappa shape index (κ3) is 5.37. The predicted molar refractivity (Wildman–Crippen MR) is 98.9 cm³/mol. The molecule has 28 heavy (non-hydrogen) atoms. The molecule has 1 amide bonds. The second kappa shape index (κ2) is 7.62. The van der Waals surface area contributed by atoms with E-state index in [4.69, 9.17) is 19.0 Å². The van der Waals surface area contributed by atoms with E-state index < -0.39 is 40.9 Å². The van der Waals surface area contributed by atoms with Crippen molar-refractivity contribution in [3.8, 4) is 0 Å². The highest BCUT2D eigenvalue weighted by atomic mass is 16.7. The standard InChI is InChI=1S/C19H30N2O7/c1-8-25-14(22)12-9-19(28-20-12)10-13(15(23)26-17(2,3)4)21(11-19)16(24)27-18(5,6)7/h9,13,20H,8,10-11H2,1-7H3. The minimum Gasteiger partial charge on any atom is -0.461 e. The molecule has 1 spiro atoms. The zero-order valence-electron chi connectivity index (χ0n) is 17.6. The van der Waals surface area contributed by atoms with Crippen molar-refractivity contribution in [2.24, 2.45) is 0 Å². The molecule has 2 heterocycles. The maximum Gasteiger partial charge on any atom is 0.411 e. The van der Waals surface area contributed by atoms with E-state index in [0.29, 0.717) is 0 Å². The lowest BCUT2D eigenvalue weighted by molar-refractivity contribution is -0.160. The van der Waals surface area contributed by atoms with Crippen LogP contribution in [0.25, 0.3) is 0 Å². The molecule has 158 valence electrons. The van der Waals surface area contributed by atoms with E-state index >= 15 is 0 Å². The van der Waals surface area contributed by atoms with Gasteiger partial charge in [-0.25, -0.2) is 14.4 Å². The third-order valence-electron chi connectivity index (χ3n) is 3.93. The highest BCUT2D eigenvalue weighted by molar-refractivity contribution is 5.89. The largest absolute Gasteiger partial charge is 0.461 e. The van der Waals surface area contributed by atoms with Crippen molar-refractivity contribution >= 4 is 18.0 Å². The summed E-state index contributed by atoms with van der Waals surface area (Å²) in [5, 5.41) is 0. The molecular weight excluding hydrogens is 368 g/mol. The molecule has 2 rings (SSSR count). The van der Waals surface area contributed by atoms with Gasteiger partial charge in [0.25, 0.3) is 0 Å². The molecule has 0 aromatic carbocycles. The van der Waals surface area contributed by atoms with Crippen molar-refractivity contribution in [3.63, 3.8) is 0 Å². The van der Waals surface area contributed by atoms with E-state index in [2.05, 4.69) is 5.48 Å². The first-order valence-electron chi connectivity index (χ1n) is 9.32. The van der Waals surface area contributed by atoms with Gasteiger partial charge in [-0.15, -0.1) is 0 Å². The number of likely N-dealkylation sites (tertiary alicyclic amines) is 1. The monoisotopic (exact) mass is 398 g/mol. The van der Waals surface area contributed by atoms with E-state index in [9.17, 15) is 14.4 Å². The molecule has 0 radical (unpaired) electrons. The summed E-state index contributed by atoms with van der Waals surface area (Å²) in [6.45, 7) is 12.4. The lowest BCUT2D eigenvalue weighted by atomic mass is 9.99. The second-order valence-electron chi connectivity index (χ2n) is 8.91. The van der Waals surface area contributed by atoms with Crippen molar-refractivity contribution in [2.75, 3.05) is 13.2 Å². The fraction of sp³-hybridized carbons (Fsp3) is 0.737. The molecule has 2 atom stereocenters. The number of rotatable bonds is 3. The molecule has 9 heteroatoms. The average molecular weight is 398 g/mol. The SMILES string of the molecule is CCOC(=O)C1=CC2(CC(C(=O)OC(C)(C)C)N(C(=O)OC(C)(C)C)C2)ON1. The first-order chi connectivity index (χ1) is 12.8. The summed E-state index contributed by atoms with van der Waals surface area (Å²) in [6.07, 6.45) is 1.02. The van der Waals surface area contributed by atoms with Gasteiger partial charge in [-0.2, -0.15) is 0 Å². The minimum atomic E-state index is -1.05. The van der Waals surface area contributed by atoms with E-state index in [-0.39, 0.29) is 25.3 Å². The fourth-order valence-electron chi connectivity index (χ4n) is 2.96. The van der Waals surface area contributed by atoms with Crippen LogP contribution < -0.4 is 5.48 Å². The third-order valence-corrected chi connectivity index (χ3v) is 3.93. The molecule has 2 aliphatic rings. The Balaban J connectivity index is 2.27. The normalized spacial score (nSPS) is 24.6. The van der Waals surface area contributed by atoms with Crippen LogP contribution >= 0.6 is 0 Å².